The molecule has 4 aromatic rings. The number of para-hydroxylation sites is 1. The molecule has 0 unspecified atom stereocenters. The van der Waals surface area contributed by atoms with Crippen LogP contribution >= 0.6 is 11.6 Å². The molecule has 0 saturated heterocycles. The molecule has 33 heavy (non-hydrogen) atoms. The average Bonchev–Trinajstić information content (AvgIpc) is 3.44. The molecule has 2 heterocycles. The van der Waals surface area contributed by atoms with Gasteiger partial charge in [0.25, 0.3) is 5.91 Å². The maximum absolute atomic E-state index is 12.3. The smallest absolute Gasteiger partial charge is 0.273 e. The summed E-state index contributed by atoms with van der Waals surface area (Å²) < 4.78 is 5.65. The van der Waals surface area contributed by atoms with Gasteiger partial charge in [0.15, 0.2) is 5.69 Å². The number of carbonyl (C=O) groups is 1. The summed E-state index contributed by atoms with van der Waals surface area (Å²) in [5.41, 5.74) is 3.74. The molecule has 0 spiro atoms. The van der Waals surface area contributed by atoms with E-state index in [4.69, 9.17) is 16.0 Å². The summed E-state index contributed by atoms with van der Waals surface area (Å²) in [6.07, 6.45) is 4.36. The van der Waals surface area contributed by atoms with Crippen LogP contribution in [0.2, 0.25) is 5.02 Å². The fourth-order valence-electron chi connectivity index (χ4n) is 3.77. The molecule has 0 aliphatic heterocycles. The SMILES string of the molecule is CC(C)CNC(=O)c1coc(CN(CCc2c[nH]c3ccccc23)Cc2ccccc2Cl)n1. The number of hydrogen-bond acceptors (Lipinski definition) is 4. The summed E-state index contributed by atoms with van der Waals surface area (Å²) in [4.78, 5) is 22.3. The lowest BCUT2D eigenvalue weighted by atomic mass is 10.1. The van der Waals surface area contributed by atoms with Crippen molar-refractivity contribution in [3.05, 3.63) is 88.7 Å². The van der Waals surface area contributed by atoms with Crippen molar-refractivity contribution in [2.45, 2.75) is 33.4 Å². The van der Waals surface area contributed by atoms with Gasteiger partial charge in [-0.1, -0.05) is 61.8 Å². The summed E-state index contributed by atoms with van der Waals surface area (Å²) in [5.74, 6) is 0.668. The Labute approximate surface area is 199 Å². The minimum Gasteiger partial charge on any atom is -0.447 e. The van der Waals surface area contributed by atoms with E-state index in [9.17, 15) is 4.79 Å². The minimum absolute atomic E-state index is 0.213. The van der Waals surface area contributed by atoms with Gasteiger partial charge in [0.1, 0.15) is 6.26 Å². The second-order valence-corrected chi connectivity index (χ2v) is 9.05. The van der Waals surface area contributed by atoms with E-state index in [1.165, 1.54) is 17.2 Å². The summed E-state index contributed by atoms with van der Waals surface area (Å²) in [5, 5.41) is 4.84. The zero-order valence-corrected chi connectivity index (χ0v) is 19.7. The molecule has 4 rings (SSSR count). The number of oxazole rings is 1. The zero-order chi connectivity index (χ0) is 23.2. The third kappa shape index (κ3) is 6.03. The highest BCUT2D eigenvalue weighted by atomic mass is 35.5. The molecule has 2 N–H and O–H groups in total. The quantitative estimate of drug-likeness (QED) is 0.327. The van der Waals surface area contributed by atoms with Gasteiger partial charge < -0.3 is 14.7 Å². The Bertz CT molecular complexity index is 1210. The van der Waals surface area contributed by atoms with Crippen molar-refractivity contribution in [2.24, 2.45) is 5.92 Å². The lowest BCUT2D eigenvalue weighted by molar-refractivity contribution is 0.0944. The van der Waals surface area contributed by atoms with Crippen LogP contribution in [0.5, 0.6) is 0 Å². The Morgan fingerprint density at radius 1 is 1.12 bits per heavy atom. The molecule has 0 aliphatic rings. The number of fused-ring (bicyclic) bond motifs is 1. The summed E-state index contributed by atoms with van der Waals surface area (Å²) >= 11 is 6.43. The summed E-state index contributed by atoms with van der Waals surface area (Å²) in [7, 11) is 0. The Hall–Kier alpha value is -3.09. The van der Waals surface area contributed by atoms with E-state index in [2.05, 4.69) is 58.4 Å². The van der Waals surface area contributed by atoms with Crippen molar-refractivity contribution in [3.63, 3.8) is 0 Å². The van der Waals surface area contributed by atoms with Crippen LogP contribution in [0.15, 0.2) is 65.4 Å². The van der Waals surface area contributed by atoms with E-state index in [1.807, 2.05) is 30.3 Å². The van der Waals surface area contributed by atoms with E-state index in [-0.39, 0.29) is 5.91 Å². The molecule has 172 valence electrons. The summed E-state index contributed by atoms with van der Waals surface area (Å²) in [6.45, 7) is 6.61. The molecule has 7 heteroatoms. The third-order valence-corrected chi connectivity index (χ3v) is 5.91. The van der Waals surface area contributed by atoms with Crippen LogP contribution in [-0.2, 0) is 19.5 Å². The highest BCUT2D eigenvalue weighted by molar-refractivity contribution is 6.31. The first kappa shape index (κ1) is 23.1. The topological polar surface area (TPSA) is 74.2 Å². The van der Waals surface area contributed by atoms with Crippen LogP contribution in [0.3, 0.4) is 0 Å². The van der Waals surface area contributed by atoms with Gasteiger partial charge in [-0.05, 0) is 35.6 Å². The van der Waals surface area contributed by atoms with Crippen molar-refractivity contribution >= 4 is 28.4 Å². The molecule has 0 aliphatic carbocycles. The molecule has 0 saturated carbocycles. The van der Waals surface area contributed by atoms with E-state index < -0.39 is 0 Å². The number of amides is 1. The Morgan fingerprint density at radius 3 is 2.73 bits per heavy atom. The molecule has 2 aromatic carbocycles. The monoisotopic (exact) mass is 464 g/mol. The normalized spacial score (nSPS) is 11.5. The molecule has 0 bridgehead atoms. The van der Waals surface area contributed by atoms with Gasteiger partial charge in [-0.25, -0.2) is 4.98 Å². The average molecular weight is 465 g/mol. The summed E-state index contributed by atoms with van der Waals surface area (Å²) in [6, 6.07) is 16.1. The van der Waals surface area contributed by atoms with E-state index in [1.54, 1.807) is 0 Å². The van der Waals surface area contributed by atoms with Gasteiger partial charge in [0, 0.05) is 41.8 Å². The molecular weight excluding hydrogens is 436 g/mol. The molecule has 1 amide bonds. The predicted octanol–water partition coefficient (Wildman–Crippen LogP) is 5.44. The van der Waals surface area contributed by atoms with E-state index >= 15 is 0 Å². The highest BCUT2D eigenvalue weighted by Crippen LogP contribution is 2.21. The first-order chi connectivity index (χ1) is 16.0. The molecule has 0 radical (unpaired) electrons. The number of aromatic amines is 1. The van der Waals surface area contributed by atoms with Crippen LogP contribution in [0.25, 0.3) is 10.9 Å². The standard InChI is InChI=1S/C26H29ClN4O2/c1-18(2)13-29-26(32)24-17-33-25(30-24)16-31(15-20-7-3-5-9-22(20)27)12-11-19-14-28-23-10-6-4-8-21(19)23/h3-10,14,17-18,28H,11-13,15-16H2,1-2H3,(H,29,32). The number of nitrogens with one attached hydrogen (secondary N) is 2. The van der Waals surface area contributed by atoms with Gasteiger partial charge in [-0.15, -0.1) is 0 Å². The number of hydrogen-bond donors (Lipinski definition) is 2. The van der Waals surface area contributed by atoms with Crippen molar-refractivity contribution in [2.75, 3.05) is 13.1 Å². The predicted molar refractivity (Wildman–Crippen MR) is 131 cm³/mol. The van der Waals surface area contributed by atoms with Gasteiger partial charge in [-0.2, -0.15) is 0 Å². The Morgan fingerprint density at radius 2 is 1.91 bits per heavy atom. The Balaban J connectivity index is 1.48. The lowest BCUT2D eigenvalue weighted by Gasteiger charge is -2.21. The molecule has 6 nitrogen and oxygen atoms in total. The van der Waals surface area contributed by atoms with E-state index in [0.717, 1.165) is 29.1 Å². The van der Waals surface area contributed by atoms with Gasteiger partial charge in [0.05, 0.1) is 6.54 Å². The second-order valence-electron chi connectivity index (χ2n) is 8.64. The second kappa shape index (κ2) is 10.7. The maximum Gasteiger partial charge on any atom is 0.273 e. The fourth-order valence-corrected chi connectivity index (χ4v) is 3.96. The van der Waals surface area contributed by atoms with Crippen LogP contribution in [0.4, 0.5) is 0 Å². The van der Waals surface area contributed by atoms with Crippen molar-refractivity contribution in [3.8, 4) is 0 Å². The number of H-pyrrole nitrogens is 1. The first-order valence-corrected chi connectivity index (χ1v) is 11.6. The van der Waals surface area contributed by atoms with Crippen LogP contribution < -0.4 is 5.32 Å². The van der Waals surface area contributed by atoms with Crippen LogP contribution in [-0.4, -0.2) is 33.9 Å². The minimum atomic E-state index is -0.213. The number of halogens is 1. The van der Waals surface area contributed by atoms with Gasteiger partial charge in [-0.3, -0.25) is 9.69 Å². The largest absolute Gasteiger partial charge is 0.447 e. The maximum atomic E-state index is 12.3. The zero-order valence-electron chi connectivity index (χ0n) is 19.0. The van der Waals surface area contributed by atoms with Crippen molar-refractivity contribution < 1.29 is 9.21 Å². The van der Waals surface area contributed by atoms with Crippen LogP contribution in [0.1, 0.15) is 41.4 Å². The molecule has 2 aromatic heterocycles. The van der Waals surface area contributed by atoms with E-state index in [0.29, 0.717) is 37.1 Å². The number of carbonyl (C=O) groups excluding carboxylic acids is 1. The number of aromatic nitrogens is 2. The number of rotatable bonds is 10. The number of benzene rings is 2. The van der Waals surface area contributed by atoms with Crippen molar-refractivity contribution in [1.29, 1.82) is 0 Å². The third-order valence-electron chi connectivity index (χ3n) is 5.54. The lowest BCUT2D eigenvalue weighted by Crippen LogP contribution is -2.28. The molecule has 0 atom stereocenters. The Kier molecular flexibility index (Phi) is 7.47. The number of nitrogens with zero attached hydrogens (tertiary/aromatic N) is 2. The highest BCUT2D eigenvalue weighted by Gasteiger charge is 2.17. The first-order valence-electron chi connectivity index (χ1n) is 11.2. The molecule has 0 fully saturated rings. The molecular formula is C26H29ClN4O2. The van der Waals surface area contributed by atoms with Gasteiger partial charge >= 0.3 is 0 Å². The fraction of sp³-hybridized carbons (Fsp3) is 0.308. The van der Waals surface area contributed by atoms with Gasteiger partial charge in [0.2, 0.25) is 5.89 Å². The van der Waals surface area contributed by atoms with Crippen molar-refractivity contribution in [1.82, 2.24) is 20.2 Å². The van der Waals surface area contributed by atoms with Crippen LogP contribution in [0, 0.1) is 5.92 Å².